The molecule has 1 aromatic carbocycles. The third-order valence-electron chi connectivity index (χ3n) is 5.15. The van der Waals surface area contributed by atoms with Crippen LogP contribution in [0.4, 0.5) is 13.2 Å². The number of alkyl halides is 3. The van der Waals surface area contributed by atoms with Crippen molar-refractivity contribution in [3.8, 4) is 22.6 Å². The van der Waals surface area contributed by atoms with Crippen molar-refractivity contribution in [1.82, 2.24) is 29.1 Å². The van der Waals surface area contributed by atoms with Gasteiger partial charge in [-0.05, 0) is 36.1 Å². The second-order valence-electron chi connectivity index (χ2n) is 7.41. The molecule has 0 bridgehead atoms. The number of aromatic nitrogens is 6. The summed E-state index contributed by atoms with van der Waals surface area (Å²) in [5.41, 5.74) is 2.05. The Hall–Kier alpha value is -2.82. The van der Waals surface area contributed by atoms with Gasteiger partial charge in [0, 0.05) is 35.1 Å². The summed E-state index contributed by atoms with van der Waals surface area (Å²) in [4.78, 5) is 13.3. The zero-order valence-electron chi connectivity index (χ0n) is 17.7. The standard InChI is InChI=1S/C22H15Cl2F3N6S/c1-3-34-21-17(19-30-16-8-12(22(25,26)27)10-28-18(16)32(19)2)20-29-15(4-5-33(20)31-21)11-6-13(23)9-14(24)7-11/h4-10H,3H2,1-2H3. The fraction of sp³-hybridized carbons (Fsp3) is 0.182. The Morgan fingerprint density at radius 2 is 1.76 bits per heavy atom. The number of aryl methyl sites for hydroxylation is 1. The molecule has 0 atom stereocenters. The number of nitrogens with zero attached hydrogens (tertiary/aromatic N) is 6. The maximum atomic E-state index is 13.2. The van der Waals surface area contributed by atoms with E-state index in [2.05, 4.69) is 15.1 Å². The van der Waals surface area contributed by atoms with Crippen LogP contribution in [0.3, 0.4) is 0 Å². The smallest absolute Gasteiger partial charge is 0.312 e. The molecule has 5 rings (SSSR count). The molecule has 0 unspecified atom stereocenters. The van der Waals surface area contributed by atoms with E-state index in [0.717, 1.165) is 23.6 Å². The van der Waals surface area contributed by atoms with E-state index in [9.17, 15) is 13.2 Å². The second kappa shape index (κ2) is 8.44. The first-order chi connectivity index (χ1) is 16.2. The average Bonchev–Trinajstić information content (AvgIpc) is 3.28. The van der Waals surface area contributed by atoms with E-state index in [1.54, 1.807) is 46.6 Å². The molecule has 174 valence electrons. The molecule has 0 saturated heterocycles. The van der Waals surface area contributed by atoms with Gasteiger partial charge >= 0.3 is 6.18 Å². The quantitative estimate of drug-likeness (QED) is 0.243. The van der Waals surface area contributed by atoms with Crippen molar-refractivity contribution in [2.75, 3.05) is 5.75 Å². The Morgan fingerprint density at radius 3 is 2.44 bits per heavy atom. The highest BCUT2D eigenvalue weighted by molar-refractivity contribution is 7.99. The zero-order valence-corrected chi connectivity index (χ0v) is 20.1. The fourth-order valence-electron chi connectivity index (χ4n) is 3.66. The molecule has 34 heavy (non-hydrogen) atoms. The Balaban J connectivity index is 1.75. The predicted molar refractivity (Wildman–Crippen MR) is 127 cm³/mol. The lowest BCUT2D eigenvalue weighted by Crippen LogP contribution is -2.05. The van der Waals surface area contributed by atoms with Crippen molar-refractivity contribution in [1.29, 1.82) is 0 Å². The molecule has 0 spiro atoms. The third kappa shape index (κ3) is 3.99. The summed E-state index contributed by atoms with van der Waals surface area (Å²) in [7, 11) is 1.70. The van der Waals surface area contributed by atoms with Crippen LogP contribution in [0.15, 0.2) is 47.8 Å². The summed E-state index contributed by atoms with van der Waals surface area (Å²) < 4.78 is 42.9. The summed E-state index contributed by atoms with van der Waals surface area (Å²) in [5, 5.41) is 6.23. The van der Waals surface area contributed by atoms with Gasteiger partial charge in [-0.2, -0.15) is 18.3 Å². The van der Waals surface area contributed by atoms with Crippen LogP contribution in [0.25, 0.3) is 39.5 Å². The van der Waals surface area contributed by atoms with Gasteiger partial charge in [-0.25, -0.2) is 19.5 Å². The first-order valence-corrected chi connectivity index (χ1v) is 11.8. The number of imidazole rings is 1. The van der Waals surface area contributed by atoms with Gasteiger partial charge in [0.2, 0.25) is 0 Å². The average molecular weight is 523 g/mol. The number of halogens is 5. The Kier molecular flexibility index (Phi) is 5.70. The molecule has 0 fully saturated rings. The number of benzene rings is 1. The predicted octanol–water partition coefficient (Wildman–Crippen LogP) is 6.78. The topological polar surface area (TPSA) is 60.9 Å². The number of thioether (sulfide) groups is 1. The summed E-state index contributed by atoms with van der Waals surface area (Å²) in [5.74, 6) is 1.15. The van der Waals surface area contributed by atoms with Crippen molar-refractivity contribution in [2.24, 2.45) is 7.05 Å². The second-order valence-corrected chi connectivity index (χ2v) is 9.54. The van der Waals surface area contributed by atoms with E-state index in [-0.39, 0.29) is 5.52 Å². The van der Waals surface area contributed by atoms with Gasteiger partial charge in [-0.1, -0.05) is 30.1 Å². The molecule has 0 radical (unpaired) electrons. The Morgan fingerprint density at radius 1 is 1.03 bits per heavy atom. The van der Waals surface area contributed by atoms with Crippen molar-refractivity contribution in [2.45, 2.75) is 18.1 Å². The maximum absolute atomic E-state index is 13.2. The van der Waals surface area contributed by atoms with Crippen molar-refractivity contribution >= 4 is 51.8 Å². The summed E-state index contributed by atoms with van der Waals surface area (Å²) in [6.45, 7) is 1.98. The van der Waals surface area contributed by atoms with Crippen LogP contribution in [0, 0.1) is 0 Å². The van der Waals surface area contributed by atoms with Crippen molar-refractivity contribution < 1.29 is 13.2 Å². The summed E-state index contributed by atoms with van der Waals surface area (Å²) >= 11 is 13.8. The minimum atomic E-state index is -4.51. The number of hydrogen-bond acceptors (Lipinski definition) is 5. The largest absolute Gasteiger partial charge is 0.417 e. The minimum absolute atomic E-state index is 0.136. The molecular formula is C22H15Cl2F3N6S. The maximum Gasteiger partial charge on any atom is 0.417 e. The lowest BCUT2D eigenvalue weighted by Gasteiger charge is -2.06. The van der Waals surface area contributed by atoms with Crippen LogP contribution in [0.5, 0.6) is 0 Å². The monoisotopic (exact) mass is 522 g/mol. The van der Waals surface area contributed by atoms with E-state index in [1.807, 2.05) is 6.92 Å². The van der Waals surface area contributed by atoms with Gasteiger partial charge in [-0.3, -0.25) is 0 Å². The molecule has 0 aliphatic carbocycles. The van der Waals surface area contributed by atoms with Gasteiger partial charge in [0.05, 0.1) is 16.8 Å². The van der Waals surface area contributed by atoms with E-state index in [1.165, 1.54) is 11.8 Å². The van der Waals surface area contributed by atoms with Crippen LogP contribution in [0.2, 0.25) is 10.0 Å². The van der Waals surface area contributed by atoms with Gasteiger partial charge in [0.25, 0.3) is 0 Å². The third-order valence-corrected chi connectivity index (χ3v) is 6.44. The number of fused-ring (bicyclic) bond motifs is 2. The molecule has 0 aliphatic rings. The van der Waals surface area contributed by atoms with Gasteiger partial charge in [0.1, 0.15) is 16.4 Å². The Labute approximate surface area is 205 Å². The van der Waals surface area contributed by atoms with Crippen LogP contribution < -0.4 is 0 Å². The van der Waals surface area contributed by atoms with Crippen molar-refractivity contribution in [3.05, 3.63) is 58.3 Å². The summed E-state index contributed by atoms with van der Waals surface area (Å²) in [6.07, 6.45) is -1.94. The van der Waals surface area contributed by atoms with Gasteiger partial charge in [-0.15, -0.1) is 11.8 Å². The lowest BCUT2D eigenvalue weighted by molar-refractivity contribution is -0.137. The molecule has 0 saturated carbocycles. The normalized spacial score (nSPS) is 12.2. The number of hydrogen-bond donors (Lipinski definition) is 0. The van der Waals surface area contributed by atoms with E-state index < -0.39 is 11.7 Å². The van der Waals surface area contributed by atoms with Crippen molar-refractivity contribution in [3.63, 3.8) is 0 Å². The number of rotatable bonds is 4. The molecule has 4 heterocycles. The first kappa shape index (κ1) is 22.9. The molecular weight excluding hydrogens is 508 g/mol. The lowest BCUT2D eigenvalue weighted by atomic mass is 10.1. The molecule has 0 N–H and O–H groups in total. The molecule has 6 nitrogen and oxygen atoms in total. The molecule has 0 aliphatic heterocycles. The Bertz CT molecular complexity index is 1540. The molecule has 4 aromatic heterocycles. The first-order valence-electron chi connectivity index (χ1n) is 10.0. The SMILES string of the molecule is CCSc1nn2ccc(-c3cc(Cl)cc(Cl)c3)nc2c1-c1nc2cc(C(F)(F)F)cnc2n1C. The van der Waals surface area contributed by atoms with Crippen LogP contribution in [-0.2, 0) is 13.2 Å². The van der Waals surface area contributed by atoms with Crippen LogP contribution in [0.1, 0.15) is 12.5 Å². The van der Waals surface area contributed by atoms with E-state index >= 15 is 0 Å². The number of pyridine rings is 1. The fourth-order valence-corrected chi connectivity index (χ4v) is 4.93. The van der Waals surface area contributed by atoms with Crippen LogP contribution >= 0.6 is 35.0 Å². The zero-order chi connectivity index (χ0) is 24.2. The highest BCUT2D eigenvalue weighted by Crippen LogP contribution is 2.37. The highest BCUT2D eigenvalue weighted by atomic mass is 35.5. The van der Waals surface area contributed by atoms with E-state index in [0.29, 0.717) is 43.4 Å². The molecule has 5 aromatic rings. The van der Waals surface area contributed by atoms with E-state index in [4.69, 9.17) is 28.2 Å². The van der Waals surface area contributed by atoms with Crippen LogP contribution in [-0.4, -0.2) is 34.9 Å². The van der Waals surface area contributed by atoms with Gasteiger partial charge < -0.3 is 4.57 Å². The summed E-state index contributed by atoms with van der Waals surface area (Å²) in [6, 6.07) is 7.92. The molecule has 0 amide bonds. The van der Waals surface area contributed by atoms with Gasteiger partial charge in [0.15, 0.2) is 11.3 Å². The minimum Gasteiger partial charge on any atom is -0.312 e. The molecule has 12 heteroatoms. The highest BCUT2D eigenvalue weighted by Gasteiger charge is 2.32.